The molecule has 4 nitrogen and oxygen atoms in total. The van der Waals surface area contributed by atoms with E-state index in [0.717, 1.165) is 11.0 Å². The number of aliphatic hydroxyl groups is 1. The molecule has 0 aromatic carbocycles. The van der Waals surface area contributed by atoms with Crippen LogP contribution in [0.2, 0.25) is 0 Å². The van der Waals surface area contributed by atoms with Gasteiger partial charge in [0.25, 0.3) is 0 Å². The van der Waals surface area contributed by atoms with Crippen molar-refractivity contribution in [3.8, 4) is 0 Å². The highest BCUT2D eigenvalue weighted by Crippen LogP contribution is 2.30. The normalized spacial score (nSPS) is 16.6. The Labute approximate surface area is 87.3 Å². The van der Waals surface area contributed by atoms with E-state index in [1.165, 1.54) is 0 Å². The summed E-state index contributed by atoms with van der Waals surface area (Å²) in [5, 5.41) is 8.66. The van der Waals surface area contributed by atoms with E-state index in [2.05, 4.69) is 21.1 Å². The van der Waals surface area contributed by atoms with Crippen molar-refractivity contribution in [1.82, 2.24) is 0 Å². The molecule has 0 bridgehead atoms. The van der Waals surface area contributed by atoms with Crippen LogP contribution in [0.4, 0.5) is 0 Å². The standard InChI is InChI=1S/C9H23NO3P/c1-9(5-7-11)14(12)13-8-6-10(2,3)4/h9,11,14H,5-8H2,1-4H3/q+1. The Morgan fingerprint density at radius 1 is 1.43 bits per heavy atom. The zero-order valence-corrected chi connectivity index (χ0v) is 10.6. The first-order chi connectivity index (χ1) is 6.37. The lowest BCUT2D eigenvalue weighted by molar-refractivity contribution is -0.870. The lowest BCUT2D eigenvalue weighted by Crippen LogP contribution is -2.37. The largest absolute Gasteiger partial charge is 0.396 e. The Morgan fingerprint density at radius 2 is 2.00 bits per heavy atom. The highest BCUT2D eigenvalue weighted by atomic mass is 31.1. The van der Waals surface area contributed by atoms with E-state index in [0.29, 0.717) is 13.0 Å². The van der Waals surface area contributed by atoms with Crippen LogP contribution in [-0.4, -0.2) is 56.2 Å². The molecule has 0 saturated carbocycles. The van der Waals surface area contributed by atoms with Crippen LogP contribution in [0.25, 0.3) is 0 Å². The average molecular weight is 224 g/mol. The van der Waals surface area contributed by atoms with Crippen molar-refractivity contribution < 1.29 is 18.7 Å². The third kappa shape index (κ3) is 7.51. The Morgan fingerprint density at radius 3 is 2.43 bits per heavy atom. The molecule has 0 radical (unpaired) electrons. The molecule has 2 atom stereocenters. The van der Waals surface area contributed by atoms with Gasteiger partial charge in [-0.05, 0) is 6.42 Å². The maximum Gasteiger partial charge on any atom is 0.194 e. The Bertz CT molecular complexity index is 179. The quantitative estimate of drug-likeness (QED) is 0.517. The van der Waals surface area contributed by atoms with Crippen molar-refractivity contribution in [2.24, 2.45) is 0 Å². The van der Waals surface area contributed by atoms with Gasteiger partial charge in [0.1, 0.15) is 13.2 Å². The fourth-order valence-electron chi connectivity index (χ4n) is 0.874. The van der Waals surface area contributed by atoms with Gasteiger partial charge >= 0.3 is 0 Å². The van der Waals surface area contributed by atoms with Crippen LogP contribution in [0, 0.1) is 0 Å². The zero-order chi connectivity index (χ0) is 11.2. The molecule has 0 rings (SSSR count). The van der Waals surface area contributed by atoms with E-state index in [4.69, 9.17) is 9.63 Å². The van der Waals surface area contributed by atoms with E-state index in [1.54, 1.807) is 0 Å². The fraction of sp³-hybridized carbons (Fsp3) is 1.00. The van der Waals surface area contributed by atoms with E-state index >= 15 is 0 Å². The molecular weight excluding hydrogens is 201 g/mol. The van der Waals surface area contributed by atoms with Crippen LogP contribution >= 0.6 is 8.03 Å². The van der Waals surface area contributed by atoms with Crippen molar-refractivity contribution in [3.63, 3.8) is 0 Å². The average Bonchev–Trinajstić information content (AvgIpc) is 2.02. The third-order valence-electron chi connectivity index (χ3n) is 1.97. The first-order valence-electron chi connectivity index (χ1n) is 4.95. The third-order valence-corrected chi connectivity index (χ3v) is 3.55. The summed E-state index contributed by atoms with van der Waals surface area (Å²) in [7, 11) is 4.23. The number of rotatable bonds is 7. The second-order valence-electron chi connectivity index (χ2n) is 4.59. The minimum atomic E-state index is -1.97. The van der Waals surface area contributed by atoms with Crippen LogP contribution < -0.4 is 0 Å². The van der Waals surface area contributed by atoms with Crippen molar-refractivity contribution in [2.45, 2.75) is 19.0 Å². The highest BCUT2D eigenvalue weighted by Gasteiger charge is 2.13. The molecule has 14 heavy (non-hydrogen) atoms. The smallest absolute Gasteiger partial charge is 0.194 e. The van der Waals surface area contributed by atoms with Gasteiger partial charge in [-0.25, -0.2) is 0 Å². The van der Waals surface area contributed by atoms with Gasteiger partial charge in [-0.15, -0.1) is 0 Å². The molecule has 5 heteroatoms. The molecule has 0 aliphatic carbocycles. The van der Waals surface area contributed by atoms with Crippen LogP contribution in [-0.2, 0) is 9.09 Å². The number of hydrogen-bond donors (Lipinski definition) is 1. The molecule has 1 N–H and O–H groups in total. The van der Waals surface area contributed by atoms with Gasteiger partial charge in [0.15, 0.2) is 8.03 Å². The topological polar surface area (TPSA) is 46.5 Å². The van der Waals surface area contributed by atoms with Gasteiger partial charge in [-0.2, -0.15) is 0 Å². The second kappa shape index (κ2) is 6.57. The van der Waals surface area contributed by atoms with Gasteiger partial charge in [-0.1, -0.05) is 6.92 Å². The minimum absolute atomic E-state index is 0.0162. The summed E-state index contributed by atoms with van der Waals surface area (Å²) in [6.07, 6.45) is 0.558. The maximum absolute atomic E-state index is 11.5. The predicted molar refractivity (Wildman–Crippen MR) is 59.0 cm³/mol. The Kier molecular flexibility index (Phi) is 6.62. The molecule has 0 spiro atoms. The molecular formula is C9H23NO3P+. The Balaban J connectivity index is 3.64. The van der Waals surface area contributed by atoms with Gasteiger partial charge < -0.3 is 14.1 Å². The van der Waals surface area contributed by atoms with Gasteiger partial charge in [-0.3, -0.25) is 4.57 Å². The summed E-state index contributed by atoms with van der Waals surface area (Å²) in [6.45, 7) is 3.30. The first-order valence-corrected chi connectivity index (χ1v) is 6.34. The summed E-state index contributed by atoms with van der Waals surface area (Å²) in [4.78, 5) is 0. The minimum Gasteiger partial charge on any atom is -0.396 e. The summed E-state index contributed by atoms with van der Waals surface area (Å²) in [6, 6.07) is 0. The number of likely N-dealkylation sites (N-methyl/N-ethyl adjacent to an activating group) is 1. The number of hydrogen-bond acceptors (Lipinski definition) is 3. The molecule has 0 heterocycles. The molecule has 86 valence electrons. The number of nitrogens with zero attached hydrogens (tertiary/aromatic N) is 1. The van der Waals surface area contributed by atoms with Crippen molar-refractivity contribution in [1.29, 1.82) is 0 Å². The van der Waals surface area contributed by atoms with Crippen molar-refractivity contribution in [3.05, 3.63) is 0 Å². The first kappa shape index (κ1) is 14.1. The summed E-state index contributed by atoms with van der Waals surface area (Å²) >= 11 is 0. The van der Waals surface area contributed by atoms with Crippen LogP contribution in [0.15, 0.2) is 0 Å². The lowest BCUT2D eigenvalue weighted by Gasteiger charge is -2.23. The van der Waals surface area contributed by atoms with Crippen molar-refractivity contribution in [2.75, 3.05) is 40.9 Å². The van der Waals surface area contributed by atoms with Crippen LogP contribution in [0.1, 0.15) is 13.3 Å². The molecule has 0 aliphatic heterocycles. The van der Waals surface area contributed by atoms with E-state index in [1.807, 2.05) is 6.92 Å². The molecule has 2 unspecified atom stereocenters. The number of aliphatic hydroxyl groups excluding tert-OH is 1. The molecule has 0 aromatic heterocycles. The maximum atomic E-state index is 11.5. The monoisotopic (exact) mass is 224 g/mol. The fourth-order valence-corrected chi connectivity index (χ4v) is 1.82. The molecule has 0 fully saturated rings. The van der Waals surface area contributed by atoms with Crippen LogP contribution in [0.3, 0.4) is 0 Å². The molecule has 0 aliphatic rings. The van der Waals surface area contributed by atoms with E-state index in [9.17, 15) is 4.57 Å². The van der Waals surface area contributed by atoms with E-state index < -0.39 is 8.03 Å². The number of quaternary nitrogens is 1. The lowest BCUT2D eigenvalue weighted by atomic mass is 10.3. The predicted octanol–water partition coefficient (Wildman–Crippen LogP) is 0.955. The summed E-state index contributed by atoms with van der Waals surface area (Å²) in [5.41, 5.74) is -0.0162. The van der Waals surface area contributed by atoms with Gasteiger partial charge in [0.2, 0.25) is 0 Å². The highest BCUT2D eigenvalue weighted by molar-refractivity contribution is 7.40. The zero-order valence-electron chi connectivity index (χ0n) is 9.62. The second-order valence-corrected chi connectivity index (χ2v) is 6.51. The molecule has 0 saturated heterocycles. The SMILES string of the molecule is CC(CCO)[PH](=O)OCC[N+](C)(C)C. The van der Waals surface area contributed by atoms with Crippen molar-refractivity contribution >= 4 is 8.03 Å². The Hall–Kier alpha value is 0.110. The molecule has 0 aromatic rings. The van der Waals surface area contributed by atoms with Crippen LogP contribution in [0.5, 0.6) is 0 Å². The summed E-state index contributed by atoms with van der Waals surface area (Å²) < 4.78 is 17.5. The summed E-state index contributed by atoms with van der Waals surface area (Å²) in [5.74, 6) is 0. The molecule has 0 amide bonds. The van der Waals surface area contributed by atoms with Gasteiger partial charge in [0, 0.05) is 12.3 Å². The van der Waals surface area contributed by atoms with Gasteiger partial charge in [0.05, 0.1) is 21.1 Å². The van der Waals surface area contributed by atoms with E-state index in [-0.39, 0.29) is 12.3 Å².